The lowest BCUT2D eigenvalue weighted by Crippen LogP contribution is -2.21. The molecule has 19 heavy (non-hydrogen) atoms. The van der Waals surface area contributed by atoms with Crippen LogP contribution in [0.1, 0.15) is 31.2 Å². The van der Waals surface area contributed by atoms with Crippen molar-refractivity contribution in [3.8, 4) is 6.07 Å². The average molecular weight is 336 g/mol. The monoisotopic (exact) mass is 335 g/mol. The summed E-state index contributed by atoms with van der Waals surface area (Å²) < 4.78 is 0.905. The first-order chi connectivity index (χ1) is 9.21. The van der Waals surface area contributed by atoms with Crippen molar-refractivity contribution < 1.29 is 0 Å². The minimum atomic E-state index is 0.200. The van der Waals surface area contributed by atoms with Crippen LogP contribution in [0.5, 0.6) is 0 Å². The van der Waals surface area contributed by atoms with Gasteiger partial charge in [-0.3, -0.25) is 4.99 Å². The Morgan fingerprint density at radius 1 is 1.37 bits per heavy atom. The predicted molar refractivity (Wildman–Crippen MR) is 83.6 cm³/mol. The molecule has 0 bridgehead atoms. The third-order valence-corrected chi connectivity index (χ3v) is 5.49. The fourth-order valence-corrected chi connectivity index (χ4v) is 4.31. The second-order valence-corrected chi connectivity index (χ2v) is 6.89. The second kappa shape index (κ2) is 5.18. The number of benzene rings is 1. The molecule has 1 fully saturated rings. The highest BCUT2D eigenvalue weighted by molar-refractivity contribution is 9.10. The van der Waals surface area contributed by atoms with Gasteiger partial charge in [0.1, 0.15) is 0 Å². The maximum Gasteiger partial charge on any atom is 0.161 e. The number of rotatable bonds is 1. The number of halogens is 1. The van der Waals surface area contributed by atoms with E-state index >= 15 is 0 Å². The molecule has 0 saturated heterocycles. The van der Waals surface area contributed by atoms with Gasteiger partial charge in [0.05, 0.1) is 22.9 Å². The third-order valence-electron chi connectivity index (χ3n) is 3.69. The number of nitrogens with one attached hydrogen (secondary N) is 1. The largest absolute Gasteiger partial charge is 0.334 e. The van der Waals surface area contributed by atoms with Crippen LogP contribution in [0.4, 0.5) is 5.69 Å². The zero-order chi connectivity index (χ0) is 13.3. The van der Waals surface area contributed by atoms with E-state index in [4.69, 9.17) is 10.3 Å². The van der Waals surface area contributed by atoms with Crippen LogP contribution in [0.25, 0.3) is 0 Å². The highest BCUT2D eigenvalue weighted by Crippen LogP contribution is 2.41. The van der Waals surface area contributed by atoms with E-state index in [9.17, 15) is 0 Å². The van der Waals surface area contributed by atoms with Crippen molar-refractivity contribution >= 4 is 38.5 Å². The molecule has 1 saturated carbocycles. The van der Waals surface area contributed by atoms with Crippen LogP contribution in [-0.4, -0.2) is 16.5 Å². The Kier molecular flexibility index (Phi) is 3.55. The fraction of sp³-hybridized carbons (Fsp3) is 0.429. The summed E-state index contributed by atoms with van der Waals surface area (Å²) in [4.78, 5) is 4.88. The Hall–Kier alpha value is -0.990. The van der Waals surface area contributed by atoms with Gasteiger partial charge in [0.15, 0.2) is 5.17 Å². The zero-order valence-corrected chi connectivity index (χ0v) is 12.9. The average Bonchev–Trinajstić information content (AvgIpc) is 3.03. The summed E-state index contributed by atoms with van der Waals surface area (Å²) in [5.41, 5.74) is 1.83. The van der Waals surface area contributed by atoms with Gasteiger partial charge in [-0.1, -0.05) is 24.6 Å². The lowest BCUT2D eigenvalue weighted by Gasteiger charge is -2.16. The van der Waals surface area contributed by atoms with E-state index < -0.39 is 0 Å². The standard InChI is InChI=1S/C14H14BrN3S/c15-11-7-10(8-16)3-4-12(11)17-13-18-14(9-19-13)5-1-2-6-14/h3-4,7H,1-2,5-6,9H2,(H,17,18). The Morgan fingerprint density at radius 2 is 2.16 bits per heavy atom. The summed E-state index contributed by atoms with van der Waals surface area (Å²) in [5.74, 6) is 1.10. The number of nitriles is 1. The molecule has 1 aromatic carbocycles. The Labute approximate surface area is 125 Å². The van der Waals surface area contributed by atoms with E-state index in [1.807, 2.05) is 18.2 Å². The van der Waals surface area contributed by atoms with Crippen molar-refractivity contribution in [1.82, 2.24) is 0 Å². The van der Waals surface area contributed by atoms with E-state index in [1.54, 1.807) is 11.8 Å². The molecule has 5 heteroatoms. The molecular formula is C14H14BrN3S. The van der Waals surface area contributed by atoms with Crippen molar-refractivity contribution in [2.45, 2.75) is 31.2 Å². The maximum absolute atomic E-state index is 8.86. The van der Waals surface area contributed by atoms with Crippen LogP contribution in [0.2, 0.25) is 0 Å². The van der Waals surface area contributed by atoms with Crippen LogP contribution in [0.3, 0.4) is 0 Å². The van der Waals surface area contributed by atoms with Crippen LogP contribution in [0, 0.1) is 11.3 Å². The zero-order valence-electron chi connectivity index (χ0n) is 10.4. The highest BCUT2D eigenvalue weighted by Gasteiger charge is 2.38. The molecule has 1 aromatic rings. The fourth-order valence-electron chi connectivity index (χ4n) is 2.64. The molecule has 1 spiro atoms. The van der Waals surface area contributed by atoms with Crippen molar-refractivity contribution in [1.29, 1.82) is 5.26 Å². The van der Waals surface area contributed by atoms with E-state index in [1.165, 1.54) is 25.7 Å². The maximum atomic E-state index is 8.86. The van der Waals surface area contributed by atoms with Crippen molar-refractivity contribution in [2.75, 3.05) is 11.1 Å². The molecule has 1 aliphatic carbocycles. The number of nitrogens with zero attached hydrogens (tertiary/aromatic N) is 2. The molecule has 98 valence electrons. The molecule has 1 N–H and O–H groups in total. The predicted octanol–water partition coefficient (Wildman–Crippen LogP) is 4.15. The molecule has 3 rings (SSSR count). The summed E-state index contributed by atoms with van der Waals surface area (Å²) >= 11 is 5.30. The van der Waals surface area contributed by atoms with Crippen LogP contribution in [0.15, 0.2) is 27.7 Å². The van der Waals surface area contributed by atoms with Crippen LogP contribution >= 0.6 is 27.7 Å². The van der Waals surface area contributed by atoms with Gasteiger partial charge in [-0.05, 0) is 47.0 Å². The van der Waals surface area contributed by atoms with Crippen LogP contribution < -0.4 is 5.32 Å². The molecule has 2 aliphatic rings. The first-order valence-corrected chi connectivity index (χ1v) is 8.18. The summed E-state index contributed by atoms with van der Waals surface area (Å²) in [6, 6.07) is 7.70. The summed E-state index contributed by atoms with van der Waals surface area (Å²) in [7, 11) is 0. The minimum Gasteiger partial charge on any atom is -0.334 e. The molecule has 1 aliphatic heterocycles. The number of thioether (sulfide) groups is 1. The van der Waals surface area contributed by atoms with Gasteiger partial charge in [0.2, 0.25) is 0 Å². The van der Waals surface area contributed by atoms with Gasteiger partial charge >= 0.3 is 0 Å². The van der Waals surface area contributed by atoms with E-state index in [0.29, 0.717) is 5.56 Å². The number of amidine groups is 1. The Bertz CT molecular complexity index is 571. The summed E-state index contributed by atoms with van der Waals surface area (Å²) in [6.07, 6.45) is 5.05. The van der Waals surface area contributed by atoms with Gasteiger partial charge in [-0.25, -0.2) is 0 Å². The van der Waals surface area contributed by atoms with Gasteiger partial charge < -0.3 is 5.32 Å². The van der Waals surface area contributed by atoms with Gasteiger partial charge in [0.25, 0.3) is 0 Å². The van der Waals surface area contributed by atoms with E-state index in [0.717, 1.165) is 21.1 Å². The SMILES string of the molecule is N#Cc1ccc(NC2=NC3(CCCC3)CS2)c(Br)c1. The smallest absolute Gasteiger partial charge is 0.161 e. The topological polar surface area (TPSA) is 48.2 Å². The minimum absolute atomic E-state index is 0.200. The number of aliphatic imine (C=N–C) groups is 1. The highest BCUT2D eigenvalue weighted by atomic mass is 79.9. The third kappa shape index (κ3) is 2.65. The molecule has 0 unspecified atom stereocenters. The van der Waals surface area contributed by atoms with Gasteiger partial charge in [0, 0.05) is 10.2 Å². The summed E-state index contributed by atoms with van der Waals surface area (Å²) in [6.45, 7) is 0. The molecule has 3 nitrogen and oxygen atoms in total. The first kappa shape index (κ1) is 13.0. The number of anilines is 1. The molecule has 1 heterocycles. The molecule has 0 radical (unpaired) electrons. The molecule has 0 amide bonds. The first-order valence-electron chi connectivity index (χ1n) is 6.40. The van der Waals surface area contributed by atoms with Gasteiger partial charge in [-0.2, -0.15) is 5.26 Å². The number of hydrogen-bond donors (Lipinski definition) is 1. The van der Waals surface area contributed by atoms with E-state index in [2.05, 4.69) is 27.3 Å². The quantitative estimate of drug-likeness (QED) is 0.838. The normalized spacial score (nSPS) is 20.3. The van der Waals surface area contributed by atoms with E-state index in [-0.39, 0.29) is 5.54 Å². The van der Waals surface area contributed by atoms with Crippen molar-refractivity contribution in [3.63, 3.8) is 0 Å². The lowest BCUT2D eigenvalue weighted by atomic mass is 10.0. The van der Waals surface area contributed by atoms with Crippen molar-refractivity contribution in [3.05, 3.63) is 28.2 Å². The lowest BCUT2D eigenvalue weighted by molar-refractivity contribution is 0.508. The number of hydrogen-bond acceptors (Lipinski definition) is 4. The molecule has 0 aromatic heterocycles. The second-order valence-electron chi connectivity index (χ2n) is 5.07. The molecule has 0 atom stereocenters. The van der Waals surface area contributed by atoms with Crippen LogP contribution in [-0.2, 0) is 0 Å². The summed E-state index contributed by atoms with van der Waals surface area (Å²) in [5, 5.41) is 13.2. The Balaban J connectivity index is 1.77. The molecular weight excluding hydrogens is 322 g/mol. The van der Waals surface area contributed by atoms with Crippen molar-refractivity contribution in [2.24, 2.45) is 4.99 Å². The Morgan fingerprint density at radius 3 is 2.84 bits per heavy atom. The van der Waals surface area contributed by atoms with Gasteiger partial charge in [-0.15, -0.1) is 0 Å².